The van der Waals surface area contributed by atoms with Gasteiger partial charge in [0.05, 0.1) is 0 Å². The third-order valence-corrected chi connectivity index (χ3v) is 3.48. The van der Waals surface area contributed by atoms with Crippen molar-refractivity contribution in [2.24, 2.45) is 4.99 Å². The highest BCUT2D eigenvalue weighted by Crippen LogP contribution is 2.20. The van der Waals surface area contributed by atoms with Gasteiger partial charge in [0, 0.05) is 15.7 Å². The summed E-state index contributed by atoms with van der Waals surface area (Å²) in [6.45, 7) is 2.59. The molecule has 19 heavy (non-hydrogen) atoms. The topological polar surface area (TPSA) is 65.3 Å². The van der Waals surface area contributed by atoms with E-state index in [1.54, 1.807) is 23.0 Å². The summed E-state index contributed by atoms with van der Waals surface area (Å²) in [6.07, 6.45) is 1.59. The Bertz CT molecular complexity index is 569. The minimum absolute atomic E-state index is 0.226. The number of benzene rings is 1. The zero-order valence-electron chi connectivity index (χ0n) is 10.2. The van der Waals surface area contributed by atoms with Crippen molar-refractivity contribution in [2.75, 3.05) is 5.75 Å². The monoisotopic (exact) mass is 297 g/mol. The van der Waals surface area contributed by atoms with Crippen LogP contribution in [0.1, 0.15) is 6.92 Å². The third-order valence-electron chi connectivity index (χ3n) is 2.23. The first-order chi connectivity index (χ1) is 9.17. The van der Waals surface area contributed by atoms with Gasteiger partial charge in [-0.15, -0.1) is 11.8 Å². The lowest BCUT2D eigenvalue weighted by Crippen LogP contribution is -2.32. The minimum atomic E-state index is -0.264. The van der Waals surface area contributed by atoms with Gasteiger partial charge in [-0.25, -0.2) is 4.99 Å². The predicted octanol–water partition coefficient (Wildman–Crippen LogP) is 1.82. The lowest BCUT2D eigenvalue weighted by Gasteiger charge is -2.08. The molecule has 0 spiro atoms. The van der Waals surface area contributed by atoms with Crippen LogP contribution in [0.5, 0.6) is 0 Å². The highest BCUT2D eigenvalue weighted by Gasteiger charge is 2.06. The molecule has 1 heterocycles. The number of nitrogens with zero attached hydrogens (tertiary/aromatic N) is 3. The molecule has 0 aliphatic carbocycles. The first kappa shape index (κ1) is 13.9. The lowest BCUT2D eigenvalue weighted by molar-refractivity contribution is -0.759. The zero-order chi connectivity index (χ0) is 13.7. The Morgan fingerprint density at radius 1 is 1.47 bits per heavy atom. The molecule has 1 aromatic heterocycles. The molecule has 0 radical (unpaired) electrons. The maximum absolute atomic E-state index is 11.6. The van der Waals surface area contributed by atoms with Gasteiger partial charge in [-0.1, -0.05) is 16.3 Å². The predicted molar refractivity (Wildman–Crippen MR) is 71.6 cm³/mol. The quantitative estimate of drug-likeness (QED) is 0.365. The van der Waals surface area contributed by atoms with Crippen molar-refractivity contribution in [1.29, 1.82) is 0 Å². The Morgan fingerprint density at radius 3 is 2.84 bits per heavy atom. The zero-order valence-corrected chi connectivity index (χ0v) is 11.8. The second-order valence-electron chi connectivity index (χ2n) is 3.64. The summed E-state index contributed by atoms with van der Waals surface area (Å²) in [5.41, 5.74) is 0. The number of hydrogen-bond donors (Lipinski definition) is 0. The standard InChI is InChI=1S/C12H12ClN3O2S/c1-2-16-7-12(18-15-16)14-11(17)8-19-10-5-3-9(13)4-6-10/h3-7H,2,8H2,1H3. The summed E-state index contributed by atoms with van der Waals surface area (Å²) in [5.74, 6) is 0.206. The Balaban J connectivity index is 1.93. The van der Waals surface area contributed by atoms with Crippen LogP contribution in [0.4, 0.5) is 5.88 Å². The van der Waals surface area contributed by atoms with Gasteiger partial charge in [-0.2, -0.15) is 0 Å². The molecule has 2 aromatic rings. The second-order valence-corrected chi connectivity index (χ2v) is 5.13. The average molecular weight is 298 g/mol. The molecule has 0 aliphatic rings. The van der Waals surface area contributed by atoms with Crippen LogP contribution in [0, 0.1) is 0 Å². The fourth-order valence-corrected chi connectivity index (χ4v) is 2.11. The van der Waals surface area contributed by atoms with Gasteiger partial charge in [0.25, 0.3) is 6.20 Å². The van der Waals surface area contributed by atoms with E-state index >= 15 is 0 Å². The Kier molecular flexibility index (Phi) is 4.81. The molecule has 0 saturated heterocycles. The number of aliphatic imine (C=N–C) groups is 1. The highest BCUT2D eigenvalue weighted by molar-refractivity contribution is 8.00. The Hall–Kier alpha value is -1.53. The summed E-state index contributed by atoms with van der Waals surface area (Å²) >= 11 is 7.18. The molecule has 0 N–H and O–H groups in total. The summed E-state index contributed by atoms with van der Waals surface area (Å²) in [7, 11) is 0. The molecule has 0 unspecified atom stereocenters. The average Bonchev–Trinajstić information content (AvgIpc) is 2.86. The first-order valence-electron chi connectivity index (χ1n) is 5.66. The van der Waals surface area contributed by atoms with E-state index in [-0.39, 0.29) is 17.5 Å². The van der Waals surface area contributed by atoms with Crippen molar-refractivity contribution < 1.29 is 14.3 Å². The van der Waals surface area contributed by atoms with Crippen molar-refractivity contribution in [2.45, 2.75) is 18.4 Å². The van der Waals surface area contributed by atoms with Gasteiger partial charge >= 0.3 is 5.88 Å². The van der Waals surface area contributed by atoms with E-state index in [9.17, 15) is 5.11 Å². The molecule has 0 atom stereocenters. The molecule has 100 valence electrons. The smallest absolute Gasteiger partial charge is 0.320 e. The Morgan fingerprint density at radius 2 is 2.21 bits per heavy atom. The van der Waals surface area contributed by atoms with Crippen molar-refractivity contribution in [3.8, 4) is 0 Å². The second kappa shape index (κ2) is 6.58. The highest BCUT2D eigenvalue weighted by atomic mass is 35.5. The van der Waals surface area contributed by atoms with E-state index in [0.29, 0.717) is 11.6 Å². The number of hydrogen-bond acceptors (Lipinski definition) is 5. The van der Waals surface area contributed by atoms with Crippen LogP contribution >= 0.6 is 23.4 Å². The molecular weight excluding hydrogens is 286 g/mol. The summed E-state index contributed by atoms with van der Waals surface area (Å²) in [6, 6.07) is 7.29. The van der Waals surface area contributed by atoms with Crippen LogP contribution in [0.25, 0.3) is 0 Å². The minimum Gasteiger partial charge on any atom is -0.861 e. The van der Waals surface area contributed by atoms with Gasteiger partial charge in [0.2, 0.25) is 5.27 Å². The normalized spacial score (nSPS) is 11.8. The molecule has 1 aromatic carbocycles. The summed E-state index contributed by atoms with van der Waals surface area (Å²) < 4.78 is 6.46. The maximum Gasteiger partial charge on any atom is 0.320 e. The number of thioether (sulfide) groups is 1. The number of aryl methyl sites for hydroxylation is 1. The van der Waals surface area contributed by atoms with Gasteiger partial charge in [0.1, 0.15) is 0 Å². The van der Waals surface area contributed by atoms with E-state index in [4.69, 9.17) is 16.1 Å². The van der Waals surface area contributed by atoms with Crippen LogP contribution in [-0.2, 0) is 6.54 Å². The van der Waals surface area contributed by atoms with Gasteiger partial charge in [-0.05, 0) is 37.1 Å². The van der Waals surface area contributed by atoms with Crippen molar-refractivity contribution in [3.63, 3.8) is 0 Å². The first-order valence-corrected chi connectivity index (χ1v) is 7.03. The molecular formula is C12H12ClN3O2S. The molecule has 0 fully saturated rings. The SMILES string of the molecule is CC[n+]1cc(/N=C(/[O-])CSc2ccc(Cl)cc2)on1. The molecule has 0 aliphatic heterocycles. The summed E-state index contributed by atoms with van der Waals surface area (Å²) in [4.78, 5) is 4.79. The van der Waals surface area contributed by atoms with Crippen LogP contribution < -0.4 is 9.79 Å². The van der Waals surface area contributed by atoms with Gasteiger partial charge in [-0.3, -0.25) is 4.52 Å². The van der Waals surface area contributed by atoms with Crippen LogP contribution in [-0.4, -0.2) is 16.9 Å². The van der Waals surface area contributed by atoms with Crippen molar-refractivity contribution in [1.82, 2.24) is 5.27 Å². The third kappa shape index (κ3) is 4.25. The van der Waals surface area contributed by atoms with Crippen LogP contribution in [0.2, 0.25) is 5.02 Å². The molecule has 0 amide bonds. The molecule has 2 rings (SSSR count). The largest absolute Gasteiger partial charge is 0.861 e. The number of aromatic nitrogens is 2. The van der Waals surface area contributed by atoms with Crippen LogP contribution in [0.3, 0.4) is 0 Å². The maximum atomic E-state index is 11.6. The van der Waals surface area contributed by atoms with Crippen molar-refractivity contribution >= 4 is 35.1 Å². The van der Waals surface area contributed by atoms with E-state index < -0.39 is 0 Å². The fraction of sp³-hybridized carbons (Fsp3) is 0.250. The van der Waals surface area contributed by atoms with Crippen molar-refractivity contribution in [3.05, 3.63) is 35.5 Å². The van der Waals surface area contributed by atoms with Gasteiger partial charge in [0.15, 0.2) is 6.54 Å². The van der Waals surface area contributed by atoms with E-state index in [1.165, 1.54) is 11.8 Å². The van der Waals surface area contributed by atoms with E-state index in [1.807, 2.05) is 19.1 Å². The van der Waals surface area contributed by atoms with E-state index in [0.717, 1.165) is 4.90 Å². The Labute approximate surface area is 119 Å². The van der Waals surface area contributed by atoms with E-state index in [2.05, 4.69) is 10.3 Å². The molecule has 7 heteroatoms. The number of rotatable bonds is 5. The fourth-order valence-electron chi connectivity index (χ4n) is 1.30. The lowest BCUT2D eigenvalue weighted by atomic mass is 10.4. The molecule has 0 bridgehead atoms. The molecule has 0 saturated carbocycles. The van der Waals surface area contributed by atoms with Crippen LogP contribution in [0.15, 0.2) is 44.9 Å². The molecule has 5 nitrogen and oxygen atoms in total. The summed E-state index contributed by atoms with van der Waals surface area (Å²) in [5, 5.41) is 16.0. The van der Waals surface area contributed by atoms with Gasteiger partial charge < -0.3 is 5.11 Å². The number of halogens is 1.